The van der Waals surface area contributed by atoms with Gasteiger partial charge in [-0.05, 0) is 42.8 Å². The van der Waals surface area contributed by atoms with E-state index >= 15 is 0 Å². The van der Waals surface area contributed by atoms with Crippen LogP contribution in [0.3, 0.4) is 0 Å². The van der Waals surface area contributed by atoms with E-state index in [2.05, 4.69) is 5.32 Å². The van der Waals surface area contributed by atoms with E-state index in [9.17, 15) is 4.79 Å². The molecule has 0 aliphatic rings. The van der Waals surface area contributed by atoms with Gasteiger partial charge in [0.25, 0.3) is 5.91 Å². The van der Waals surface area contributed by atoms with Gasteiger partial charge < -0.3 is 10.2 Å². The third-order valence-electron chi connectivity index (χ3n) is 3.32. The molecule has 0 saturated heterocycles. The van der Waals surface area contributed by atoms with Crippen LogP contribution >= 0.6 is 11.6 Å². The summed E-state index contributed by atoms with van der Waals surface area (Å²) < 4.78 is 0. The molecule has 0 bridgehead atoms. The maximum absolute atomic E-state index is 12.3. The predicted molar refractivity (Wildman–Crippen MR) is 88.1 cm³/mol. The Kier molecular flexibility index (Phi) is 4.86. The van der Waals surface area contributed by atoms with E-state index in [-0.39, 0.29) is 11.9 Å². The van der Waals surface area contributed by atoms with Gasteiger partial charge in [0, 0.05) is 30.4 Å². The summed E-state index contributed by atoms with van der Waals surface area (Å²) in [4.78, 5) is 14.3. The number of carbonyl (C=O) groups excluding carboxylic acids is 1. The van der Waals surface area contributed by atoms with E-state index in [0.717, 1.165) is 11.3 Å². The van der Waals surface area contributed by atoms with Gasteiger partial charge in [-0.15, -0.1) is 0 Å². The summed E-state index contributed by atoms with van der Waals surface area (Å²) in [6.45, 7) is 1.94. The van der Waals surface area contributed by atoms with Crippen LogP contribution in [0.15, 0.2) is 48.5 Å². The Hall–Kier alpha value is -2.00. The first-order chi connectivity index (χ1) is 9.97. The molecule has 21 heavy (non-hydrogen) atoms. The lowest BCUT2D eigenvalue weighted by Crippen LogP contribution is -2.26. The smallest absolute Gasteiger partial charge is 0.251 e. The summed E-state index contributed by atoms with van der Waals surface area (Å²) in [6.07, 6.45) is 0. The van der Waals surface area contributed by atoms with Gasteiger partial charge in [0.05, 0.1) is 6.04 Å². The Morgan fingerprint density at radius 2 is 1.86 bits per heavy atom. The van der Waals surface area contributed by atoms with Gasteiger partial charge in [-0.2, -0.15) is 0 Å². The molecule has 1 amide bonds. The molecule has 4 heteroatoms. The van der Waals surface area contributed by atoms with Gasteiger partial charge in [-0.3, -0.25) is 4.79 Å². The molecule has 1 N–H and O–H groups in total. The van der Waals surface area contributed by atoms with E-state index in [1.165, 1.54) is 0 Å². The molecule has 1 unspecified atom stereocenters. The first-order valence-electron chi connectivity index (χ1n) is 6.81. The fraction of sp³-hybridized carbons (Fsp3) is 0.235. The van der Waals surface area contributed by atoms with Crippen LogP contribution in [0.5, 0.6) is 0 Å². The number of hydrogen-bond donors (Lipinski definition) is 1. The maximum Gasteiger partial charge on any atom is 0.251 e. The molecule has 1 atom stereocenters. The van der Waals surface area contributed by atoms with E-state index in [0.29, 0.717) is 10.6 Å². The molecule has 0 aliphatic carbocycles. The summed E-state index contributed by atoms with van der Waals surface area (Å²) in [6, 6.07) is 15.0. The highest BCUT2D eigenvalue weighted by Crippen LogP contribution is 2.19. The Morgan fingerprint density at radius 3 is 2.52 bits per heavy atom. The highest BCUT2D eigenvalue weighted by atomic mass is 35.5. The van der Waals surface area contributed by atoms with E-state index in [1.54, 1.807) is 0 Å². The lowest BCUT2D eigenvalue weighted by Gasteiger charge is -2.16. The summed E-state index contributed by atoms with van der Waals surface area (Å²) in [5, 5.41) is 3.66. The molecule has 2 aromatic carbocycles. The van der Waals surface area contributed by atoms with Crippen LogP contribution in [0.25, 0.3) is 0 Å². The third-order valence-corrected chi connectivity index (χ3v) is 3.56. The number of nitrogens with zero attached hydrogens (tertiary/aromatic N) is 1. The van der Waals surface area contributed by atoms with Crippen molar-refractivity contribution in [3.63, 3.8) is 0 Å². The van der Waals surface area contributed by atoms with Gasteiger partial charge in [0.2, 0.25) is 0 Å². The quantitative estimate of drug-likeness (QED) is 0.929. The highest BCUT2D eigenvalue weighted by Gasteiger charge is 2.12. The molecule has 0 heterocycles. The van der Waals surface area contributed by atoms with Crippen molar-refractivity contribution in [2.45, 2.75) is 13.0 Å². The number of hydrogen-bond acceptors (Lipinski definition) is 2. The second-order valence-electron chi connectivity index (χ2n) is 5.19. The summed E-state index contributed by atoms with van der Waals surface area (Å²) in [7, 11) is 3.90. The minimum atomic E-state index is -0.0980. The van der Waals surface area contributed by atoms with Crippen LogP contribution in [0, 0.1) is 0 Å². The number of benzene rings is 2. The van der Waals surface area contributed by atoms with Crippen molar-refractivity contribution in [3.8, 4) is 0 Å². The molecule has 0 aliphatic heterocycles. The number of carbonyl (C=O) groups is 1. The molecule has 0 fully saturated rings. The number of rotatable bonds is 4. The Bertz CT molecular complexity index is 640. The Labute approximate surface area is 130 Å². The lowest BCUT2D eigenvalue weighted by atomic mass is 10.1. The van der Waals surface area contributed by atoms with Gasteiger partial charge in [-0.25, -0.2) is 0 Å². The molecule has 0 aromatic heterocycles. The van der Waals surface area contributed by atoms with Crippen LogP contribution in [-0.4, -0.2) is 20.0 Å². The minimum absolute atomic E-state index is 0.0915. The zero-order valence-electron chi connectivity index (χ0n) is 12.4. The standard InChI is InChI=1S/C17H19ClN2O/c1-12(13-6-4-8-15(18)10-13)19-17(21)14-7-5-9-16(11-14)20(2)3/h4-12H,1-3H3,(H,19,21). The monoisotopic (exact) mass is 302 g/mol. The number of nitrogens with one attached hydrogen (secondary N) is 1. The maximum atomic E-state index is 12.3. The molecular formula is C17H19ClN2O. The topological polar surface area (TPSA) is 32.3 Å². The summed E-state index contributed by atoms with van der Waals surface area (Å²) in [5.74, 6) is -0.0915. The second-order valence-corrected chi connectivity index (χ2v) is 5.63. The van der Waals surface area contributed by atoms with E-state index < -0.39 is 0 Å². The molecule has 2 aromatic rings. The zero-order chi connectivity index (χ0) is 15.4. The van der Waals surface area contributed by atoms with Crippen molar-refractivity contribution >= 4 is 23.2 Å². The fourth-order valence-corrected chi connectivity index (χ4v) is 2.26. The second kappa shape index (κ2) is 6.64. The molecule has 3 nitrogen and oxygen atoms in total. The lowest BCUT2D eigenvalue weighted by molar-refractivity contribution is 0.0940. The molecule has 2 rings (SSSR count). The zero-order valence-corrected chi connectivity index (χ0v) is 13.2. The highest BCUT2D eigenvalue weighted by molar-refractivity contribution is 6.30. The summed E-state index contributed by atoms with van der Waals surface area (Å²) >= 11 is 5.98. The van der Waals surface area contributed by atoms with Crippen LogP contribution in [0.4, 0.5) is 5.69 Å². The van der Waals surface area contributed by atoms with E-state index in [4.69, 9.17) is 11.6 Å². The first kappa shape index (κ1) is 15.4. The average molecular weight is 303 g/mol. The summed E-state index contributed by atoms with van der Waals surface area (Å²) in [5.41, 5.74) is 2.63. The predicted octanol–water partition coefficient (Wildman–Crippen LogP) is 3.90. The van der Waals surface area contributed by atoms with Crippen molar-refractivity contribution in [2.24, 2.45) is 0 Å². The normalized spacial score (nSPS) is 11.8. The van der Waals surface area contributed by atoms with Crippen molar-refractivity contribution in [3.05, 3.63) is 64.7 Å². The third kappa shape index (κ3) is 3.99. The van der Waals surface area contributed by atoms with Crippen molar-refractivity contribution in [1.82, 2.24) is 5.32 Å². The average Bonchev–Trinajstić information content (AvgIpc) is 2.47. The van der Waals surface area contributed by atoms with Gasteiger partial charge >= 0.3 is 0 Å². The van der Waals surface area contributed by atoms with Crippen molar-refractivity contribution in [1.29, 1.82) is 0 Å². The Morgan fingerprint density at radius 1 is 1.14 bits per heavy atom. The van der Waals surface area contributed by atoms with Crippen LogP contribution in [-0.2, 0) is 0 Å². The van der Waals surface area contributed by atoms with Gasteiger partial charge in [0.1, 0.15) is 0 Å². The minimum Gasteiger partial charge on any atom is -0.378 e. The number of halogens is 1. The fourth-order valence-electron chi connectivity index (χ4n) is 2.06. The molecular weight excluding hydrogens is 284 g/mol. The Balaban J connectivity index is 2.12. The molecule has 110 valence electrons. The molecule has 0 radical (unpaired) electrons. The van der Waals surface area contributed by atoms with Crippen LogP contribution < -0.4 is 10.2 Å². The van der Waals surface area contributed by atoms with Crippen LogP contribution in [0.1, 0.15) is 28.9 Å². The van der Waals surface area contributed by atoms with Crippen molar-refractivity contribution in [2.75, 3.05) is 19.0 Å². The first-order valence-corrected chi connectivity index (χ1v) is 7.19. The van der Waals surface area contributed by atoms with Crippen molar-refractivity contribution < 1.29 is 4.79 Å². The number of anilines is 1. The SMILES string of the molecule is CC(NC(=O)c1cccc(N(C)C)c1)c1cccc(Cl)c1. The number of amides is 1. The molecule has 0 spiro atoms. The van der Waals surface area contributed by atoms with Crippen LogP contribution in [0.2, 0.25) is 5.02 Å². The van der Waals surface area contributed by atoms with Gasteiger partial charge in [-0.1, -0.05) is 29.8 Å². The van der Waals surface area contributed by atoms with E-state index in [1.807, 2.05) is 74.4 Å². The molecule has 0 saturated carbocycles. The largest absolute Gasteiger partial charge is 0.378 e. The van der Waals surface area contributed by atoms with Gasteiger partial charge in [0.15, 0.2) is 0 Å².